The lowest BCUT2D eigenvalue weighted by Crippen LogP contribution is -2.23. The van der Waals surface area contributed by atoms with E-state index in [1.54, 1.807) is 0 Å². The molecule has 25 heavy (non-hydrogen) atoms. The third kappa shape index (κ3) is 3.45. The van der Waals surface area contributed by atoms with Gasteiger partial charge in [0.25, 0.3) is 0 Å². The fraction of sp³-hybridized carbons (Fsp3) is 0.400. The number of hydrogen-bond donors (Lipinski definition) is 2. The smallest absolute Gasteiger partial charge is 0.220 e. The van der Waals surface area contributed by atoms with E-state index in [-0.39, 0.29) is 5.91 Å². The average molecular weight is 339 g/mol. The van der Waals surface area contributed by atoms with Crippen LogP contribution in [0.4, 0.5) is 0 Å². The van der Waals surface area contributed by atoms with Crippen LogP contribution in [0.15, 0.2) is 16.7 Å². The lowest BCUT2D eigenvalue weighted by Gasteiger charge is -2.08. The summed E-state index contributed by atoms with van der Waals surface area (Å²) < 4.78 is 5.15. The molecule has 0 fully saturated rings. The summed E-state index contributed by atoms with van der Waals surface area (Å²) in [5.74, 6) is 0.831. The van der Waals surface area contributed by atoms with Crippen molar-refractivity contribution in [1.82, 2.24) is 15.5 Å². The van der Waals surface area contributed by atoms with E-state index in [1.165, 1.54) is 22.2 Å². The molecule has 3 rings (SSSR count). The Hall–Kier alpha value is -2.56. The van der Waals surface area contributed by atoms with Gasteiger partial charge in [-0.3, -0.25) is 4.79 Å². The highest BCUT2D eigenvalue weighted by atomic mass is 16.5. The van der Waals surface area contributed by atoms with E-state index in [0.717, 1.165) is 28.1 Å². The molecule has 0 bridgehead atoms. The maximum Gasteiger partial charge on any atom is 0.220 e. The van der Waals surface area contributed by atoms with Gasteiger partial charge in [0, 0.05) is 29.6 Å². The Labute approximate surface area is 147 Å². The summed E-state index contributed by atoms with van der Waals surface area (Å²) >= 11 is 0. The zero-order valence-electron chi connectivity index (χ0n) is 15.5. The zero-order valence-corrected chi connectivity index (χ0v) is 15.5. The van der Waals surface area contributed by atoms with E-state index in [9.17, 15) is 4.79 Å². The minimum atomic E-state index is 0.0367. The number of amides is 1. The van der Waals surface area contributed by atoms with Crippen molar-refractivity contribution >= 4 is 16.8 Å². The van der Waals surface area contributed by atoms with Crippen molar-refractivity contribution in [3.8, 4) is 0 Å². The van der Waals surface area contributed by atoms with Gasteiger partial charge < -0.3 is 14.8 Å². The van der Waals surface area contributed by atoms with E-state index in [1.807, 2.05) is 13.8 Å². The molecule has 0 atom stereocenters. The van der Waals surface area contributed by atoms with Crippen molar-refractivity contribution in [3.05, 3.63) is 51.5 Å². The van der Waals surface area contributed by atoms with E-state index >= 15 is 0 Å². The van der Waals surface area contributed by atoms with Gasteiger partial charge in [0.15, 0.2) is 0 Å². The van der Waals surface area contributed by atoms with Gasteiger partial charge in [0.2, 0.25) is 5.91 Å². The average Bonchev–Trinajstić information content (AvgIpc) is 3.04. The molecule has 0 radical (unpaired) electrons. The Bertz CT molecular complexity index is 915. The predicted molar refractivity (Wildman–Crippen MR) is 98.7 cm³/mol. The molecule has 5 nitrogen and oxygen atoms in total. The molecule has 0 spiro atoms. The van der Waals surface area contributed by atoms with Crippen molar-refractivity contribution in [1.29, 1.82) is 0 Å². The highest BCUT2D eigenvalue weighted by Crippen LogP contribution is 2.26. The van der Waals surface area contributed by atoms with Crippen molar-refractivity contribution < 1.29 is 9.32 Å². The summed E-state index contributed by atoms with van der Waals surface area (Å²) in [5.41, 5.74) is 7.78. The van der Waals surface area contributed by atoms with Crippen LogP contribution in [0.3, 0.4) is 0 Å². The van der Waals surface area contributed by atoms with Crippen molar-refractivity contribution in [2.45, 2.75) is 54.0 Å². The maximum absolute atomic E-state index is 12.3. The molecule has 2 aromatic heterocycles. The van der Waals surface area contributed by atoms with Crippen LogP contribution in [-0.4, -0.2) is 16.0 Å². The van der Waals surface area contributed by atoms with Crippen molar-refractivity contribution in [2.75, 3.05) is 0 Å². The SMILES string of the molecule is Cc1cc(CNC(=O)CCc2c(C)noc2C)c2[nH]c(C)c(C)c2c1. The first kappa shape index (κ1) is 17.3. The van der Waals surface area contributed by atoms with Crippen LogP contribution in [0.5, 0.6) is 0 Å². The molecule has 0 saturated carbocycles. The highest BCUT2D eigenvalue weighted by molar-refractivity contribution is 5.88. The molecule has 0 aliphatic heterocycles. The van der Waals surface area contributed by atoms with Crippen LogP contribution in [0.1, 0.15) is 45.8 Å². The fourth-order valence-corrected chi connectivity index (χ4v) is 3.31. The van der Waals surface area contributed by atoms with E-state index in [0.29, 0.717) is 19.4 Å². The monoisotopic (exact) mass is 339 g/mol. The Kier molecular flexibility index (Phi) is 4.66. The minimum Gasteiger partial charge on any atom is -0.361 e. The lowest BCUT2D eigenvalue weighted by molar-refractivity contribution is -0.121. The number of H-pyrrole nitrogens is 1. The van der Waals surface area contributed by atoms with Gasteiger partial charge in [0.1, 0.15) is 5.76 Å². The second kappa shape index (κ2) is 6.75. The van der Waals surface area contributed by atoms with Gasteiger partial charge in [-0.15, -0.1) is 0 Å². The number of hydrogen-bond acceptors (Lipinski definition) is 3. The topological polar surface area (TPSA) is 70.9 Å². The number of aromatic nitrogens is 2. The van der Waals surface area contributed by atoms with E-state index < -0.39 is 0 Å². The van der Waals surface area contributed by atoms with Crippen LogP contribution in [0.2, 0.25) is 0 Å². The Morgan fingerprint density at radius 3 is 2.64 bits per heavy atom. The van der Waals surface area contributed by atoms with Crippen LogP contribution in [-0.2, 0) is 17.8 Å². The quantitative estimate of drug-likeness (QED) is 0.739. The van der Waals surface area contributed by atoms with Crippen LogP contribution in [0, 0.1) is 34.6 Å². The number of nitrogens with one attached hydrogen (secondary N) is 2. The van der Waals surface area contributed by atoms with Crippen molar-refractivity contribution in [2.24, 2.45) is 0 Å². The molecular weight excluding hydrogens is 314 g/mol. The molecule has 2 N–H and O–H groups in total. The number of aryl methyl sites for hydroxylation is 5. The Morgan fingerprint density at radius 1 is 1.20 bits per heavy atom. The number of nitrogens with zero attached hydrogens (tertiary/aromatic N) is 1. The van der Waals surface area contributed by atoms with E-state index in [2.05, 4.69) is 48.4 Å². The molecule has 0 saturated heterocycles. The normalized spacial score (nSPS) is 11.2. The molecular formula is C20H25N3O2. The first-order valence-corrected chi connectivity index (χ1v) is 8.63. The van der Waals surface area contributed by atoms with E-state index in [4.69, 9.17) is 4.52 Å². The van der Waals surface area contributed by atoms with Gasteiger partial charge in [-0.1, -0.05) is 16.8 Å². The van der Waals surface area contributed by atoms with Crippen LogP contribution < -0.4 is 5.32 Å². The van der Waals surface area contributed by atoms with Gasteiger partial charge >= 0.3 is 0 Å². The molecule has 2 heterocycles. The third-order valence-electron chi connectivity index (χ3n) is 4.90. The second-order valence-electron chi connectivity index (χ2n) is 6.80. The number of fused-ring (bicyclic) bond motifs is 1. The van der Waals surface area contributed by atoms with Crippen LogP contribution >= 0.6 is 0 Å². The third-order valence-corrected chi connectivity index (χ3v) is 4.90. The molecule has 5 heteroatoms. The molecule has 1 amide bonds. The van der Waals surface area contributed by atoms with Gasteiger partial charge in [-0.25, -0.2) is 0 Å². The number of carbonyl (C=O) groups is 1. The summed E-state index contributed by atoms with van der Waals surface area (Å²) in [4.78, 5) is 15.7. The second-order valence-corrected chi connectivity index (χ2v) is 6.80. The maximum atomic E-state index is 12.3. The molecule has 0 unspecified atom stereocenters. The Morgan fingerprint density at radius 2 is 1.96 bits per heavy atom. The molecule has 132 valence electrons. The fourth-order valence-electron chi connectivity index (χ4n) is 3.31. The first-order chi connectivity index (χ1) is 11.9. The summed E-state index contributed by atoms with van der Waals surface area (Å²) in [6.45, 7) is 10.6. The summed E-state index contributed by atoms with van der Waals surface area (Å²) in [6.07, 6.45) is 1.08. The van der Waals surface area contributed by atoms with Crippen molar-refractivity contribution in [3.63, 3.8) is 0 Å². The number of aromatic amines is 1. The summed E-state index contributed by atoms with van der Waals surface area (Å²) in [7, 11) is 0. The molecule has 1 aromatic carbocycles. The minimum absolute atomic E-state index is 0.0367. The van der Waals surface area contributed by atoms with Gasteiger partial charge in [-0.05, 0) is 58.2 Å². The molecule has 0 aliphatic rings. The van der Waals surface area contributed by atoms with Gasteiger partial charge in [0.05, 0.1) is 11.2 Å². The lowest BCUT2D eigenvalue weighted by atomic mass is 10.0. The molecule has 3 aromatic rings. The predicted octanol–water partition coefficient (Wildman–Crippen LogP) is 3.95. The zero-order chi connectivity index (χ0) is 18.1. The largest absolute Gasteiger partial charge is 0.361 e. The number of rotatable bonds is 5. The highest BCUT2D eigenvalue weighted by Gasteiger charge is 2.13. The number of benzene rings is 1. The standard InChI is InChI=1S/C20H25N3O2/c1-11-8-16(20-18(9-11)12(2)13(3)22-20)10-21-19(24)7-6-17-14(4)23-25-15(17)5/h8-9,22H,6-7,10H2,1-5H3,(H,21,24). The summed E-state index contributed by atoms with van der Waals surface area (Å²) in [6, 6.07) is 4.32. The van der Waals surface area contributed by atoms with Crippen LogP contribution in [0.25, 0.3) is 10.9 Å². The number of carbonyl (C=O) groups excluding carboxylic acids is 1. The Balaban J connectivity index is 1.68. The summed E-state index contributed by atoms with van der Waals surface area (Å²) in [5, 5.41) is 8.20. The molecule has 0 aliphatic carbocycles. The first-order valence-electron chi connectivity index (χ1n) is 8.63. The van der Waals surface area contributed by atoms with Gasteiger partial charge in [-0.2, -0.15) is 0 Å².